The molecule has 0 heterocycles. The van der Waals surface area contributed by atoms with Gasteiger partial charge in [-0.15, -0.1) is 0 Å². The van der Waals surface area contributed by atoms with E-state index in [4.69, 9.17) is 0 Å². The van der Waals surface area contributed by atoms with Crippen LogP contribution in [0.2, 0.25) is 0 Å². The Labute approximate surface area is 64.4 Å². The van der Waals surface area contributed by atoms with Crippen molar-refractivity contribution in [2.75, 3.05) is 0 Å². The average molecular weight is 126 g/mol. The van der Waals surface area contributed by atoms with Gasteiger partial charge in [-0.1, -0.05) is 0 Å². The Morgan fingerprint density at radius 2 is 1.00 bits per heavy atom. The van der Waals surface area contributed by atoms with Crippen molar-refractivity contribution in [3.8, 4) is 0 Å². The molecular formula is H11CaN2OP. The molecule has 0 saturated heterocycles. The van der Waals surface area contributed by atoms with E-state index in [0.717, 1.165) is 0 Å². The van der Waals surface area contributed by atoms with Gasteiger partial charge in [-0.3, -0.25) is 11.7 Å². The third-order valence-corrected chi connectivity index (χ3v) is 0. The Morgan fingerprint density at radius 1 is 1.00 bits per heavy atom. The monoisotopic (exact) mass is 126 g/mol. The van der Waals surface area contributed by atoms with E-state index in [1.807, 2.05) is 0 Å². The van der Waals surface area contributed by atoms with E-state index in [9.17, 15) is 0 Å². The minimum absolute atomic E-state index is 0. The summed E-state index contributed by atoms with van der Waals surface area (Å²) >= 11 is 0. The van der Waals surface area contributed by atoms with Gasteiger partial charge in [0.05, 0.1) is 0 Å². The molecule has 0 amide bonds. The Morgan fingerprint density at radius 3 is 1.00 bits per heavy atom. The normalized spacial score (nSPS) is 1.20. The zero-order valence-electron chi connectivity index (χ0n) is 2.36. The van der Waals surface area contributed by atoms with Crippen molar-refractivity contribution in [3.05, 3.63) is 0 Å². The average Bonchev–Trinajstić information content (AvgIpc) is 1.00. The summed E-state index contributed by atoms with van der Waals surface area (Å²) in [5, 5.41) is 0. The van der Waals surface area contributed by atoms with Crippen LogP contribution in [0.15, 0.2) is 0 Å². The van der Waals surface area contributed by atoms with Gasteiger partial charge >= 0.3 is 37.7 Å². The molecule has 3 nitrogen and oxygen atoms in total. The quantitative estimate of drug-likeness (QED) is 0.158. The molecule has 0 radical (unpaired) electrons. The van der Waals surface area contributed by atoms with Gasteiger partial charge in [0, 0.05) is 0 Å². The molecule has 6 N–H and O–H groups in total. The van der Waals surface area contributed by atoms with E-state index in [2.05, 4.69) is 11.7 Å². The fraction of sp³-hybridized carbons (Fsp3) is 0. The van der Waals surface area contributed by atoms with E-state index in [-0.39, 0.29) is 53.1 Å². The van der Waals surface area contributed by atoms with Gasteiger partial charge in [-0.25, -0.2) is 0 Å². The summed E-state index contributed by atoms with van der Waals surface area (Å²) in [4.78, 5) is 0. The van der Waals surface area contributed by atoms with Crippen LogP contribution >= 0.6 is 9.90 Å². The van der Waals surface area contributed by atoms with Crippen LogP contribution in [0.1, 0.15) is 0 Å². The topological polar surface area (TPSA) is 83.5 Å². The van der Waals surface area contributed by atoms with Crippen LogP contribution < -0.4 is 11.7 Å². The standard InChI is InChI=1S/Ca.H4N2.H2O.H3P.2H/c;1-2;;;;/h;1-2H2;1H2;1H3;;. The molecule has 1 unspecified atom stereocenters. The van der Waals surface area contributed by atoms with Gasteiger partial charge < -0.3 is 5.48 Å². The summed E-state index contributed by atoms with van der Waals surface area (Å²) in [6.45, 7) is 0. The van der Waals surface area contributed by atoms with Gasteiger partial charge in [0.25, 0.3) is 0 Å². The first kappa shape index (κ1) is 30.9. The molecule has 5 heteroatoms. The van der Waals surface area contributed by atoms with Crippen LogP contribution in [0.5, 0.6) is 0 Å². The van der Waals surface area contributed by atoms with Gasteiger partial charge in [0.2, 0.25) is 0 Å². The van der Waals surface area contributed by atoms with Crippen molar-refractivity contribution in [1.29, 1.82) is 0 Å². The Hall–Kier alpha value is 1.57. The van der Waals surface area contributed by atoms with E-state index < -0.39 is 0 Å². The predicted molar refractivity (Wildman–Crippen MR) is 31.6 cm³/mol. The number of hydrazine groups is 1. The zero-order valence-corrected chi connectivity index (χ0v) is 3.78. The van der Waals surface area contributed by atoms with E-state index in [0.29, 0.717) is 0 Å². The molecule has 0 aromatic heterocycles. The molecule has 0 aliphatic heterocycles. The van der Waals surface area contributed by atoms with Crippen molar-refractivity contribution in [1.82, 2.24) is 0 Å². The fourth-order valence-electron chi connectivity index (χ4n) is 0. The summed E-state index contributed by atoms with van der Waals surface area (Å²) < 4.78 is 0. The van der Waals surface area contributed by atoms with Crippen molar-refractivity contribution >= 4 is 47.6 Å². The van der Waals surface area contributed by atoms with Crippen molar-refractivity contribution in [2.24, 2.45) is 11.7 Å². The van der Waals surface area contributed by atoms with Gasteiger partial charge in [-0.05, 0) is 0 Å². The molecule has 0 fully saturated rings. The maximum absolute atomic E-state index is 4.00. The fourth-order valence-corrected chi connectivity index (χ4v) is 0. The van der Waals surface area contributed by atoms with Crippen molar-refractivity contribution < 1.29 is 5.48 Å². The molecule has 0 aromatic rings. The van der Waals surface area contributed by atoms with Gasteiger partial charge in [0.15, 0.2) is 0 Å². The first-order valence-corrected chi connectivity index (χ1v) is 0.333. The number of rotatable bonds is 0. The first-order chi connectivity index (χ1) is 1.00. The van der Waals surface area contributed by atoms with Crippen LogP contribution in [0, 0.1) is 0 Å². The zero-order chi connectivity index (χ0) is 2.00. The molecule has 0 aliphatic carbocycles. The van der Waals surface area contributed by atoms with Crippen molar-refractivity contribution in [2.45, 2.75) is 0 Å². The van der Waals surface area contributed by atoms with E-state index in [1.54, 1.807) is 0 Å². The van der Waals surface area contributed by atoms with Crippen LogP contribution in [0.4, 0.5) is 0 Å². The van der Waals surface area contributed by atoms with E-state index >= 15 is 0 Å². The summed E-state index contributed by atoms with van der Waals surface area (Å²) in [6.07, 6.45) is 0. The molecule has 5 heavy (non-hydrogen) atoms. The summed E-state index contributed by atoms with van der Waals surface area (Å²) in [5.41, 5.74) is 0. The second-order valence-electron chi connectivity index (χ2n) is 0. The third kappa shape index (κ3) is 28.8. The molecule has 0 rings (SSSR count). The Kier molecular flexibility index (Phi) is 291. The molecule has 0 aromatic carbocycles. The van der Waals surface area contributed by atoms with Crippen LogP contribution in [0.3, 0.4) is 0 Å². The molecule has 0 saturated carbocycles. The number of hydrogen-bond acceptors (Lipinski definition) is 2. The molecule has 34 valence electrons. The minimum atomic E-state index is 0. The van der Waals surface area contributed by atoms with Crippen LogP contribution in [0.25, 0.3) is 0 Å². The van der Waals surface area contributed by atoms with E-state index in [1.165, 1.54) is 0 Å². The Balaban J connectivity index is -0.00000000167. The second-order valence-corrected chi connectivity index (χ2v) is 0. The third-order valence-electron chi connectivity index (χ3n) is 0. The van der Waals surface area contributed by atoms with Crippen molar-refractivity contribution in [3.63, 3.8) is 0 Å². The van der Waals surface area contributed by atoms with Gasteiger partial charge in [-0.2, -0.15) is 9.90 Å². The molecule has 0 bridgehead atoms. The Bertz CT molecular complexity index is 9.61. The number of nitrogens with two attached hydrogens (primary N) is 2. The summed E-state index contributed by atoms with van der Waals surface area (Å²) in [7, 11) is 0. The first-order valence-electron chi connectivity index (χ1n) is 0.333. The molecule has 1 atom stereocenters. The molecule has 0 spiro atoms. The number of hydrogen-bond donors (Lipinski definition) is 2. The summed E-state index contributed by atoms with van der Waals surface area (Å²) in [5.74, 6) is 8.00. The van der Waals surface area contributed by atoms with Crippen LogP contribution in [-0.2, 0) is 0 Å². The second kappa shape index (κ2) is 47.2. The summed E-state index contributed by atoms with van der Waals surface area (Å²) in [6, 6.07) is 0. The molecular weight excluding hydrogens is 115 g/mol. The van der Waals surface area contributed by atoms with Crippen LogP contribution in [-0.4, -0.2) is 43.2 Å². The predicted octanol–water partition coefficient (Wildman–Crippen LogP) is -2.86. The maximum atomic E-state index is 4.00. The SMILES string of the molecule is NN.O.P.[CaH2]. The molecule has 0 aliphatic rings. The van der Waals surface area contributed by atoms with Gasteiger partial charge in [0.1, 0.15) is 0 Å².